The minimum Gasteiger partial charge on any atom is -0.355 e. The number of likely N-dealkylation sites (N-methyl/N-ethyl adjacent to an activating group) is 1. The summed E-state index contributed by atoms with van der Waals surface area (Å²) in [5.74, 6) is -0.0347. The second-order valence-electron chi connectivity index (χ2n) is 7.33. The standard InChI is InChI=1S/C20H25F3N6O2/c1-3-24-18(30)13-27-7-4-8-28(10-9-27)19(31)16-12-26-29(14(16)2)17-6-5-15(11-25-17)20(21,22)23/h5-6,11-12H,3-4,7-10,13H2,1-2H3,(H,24,30). The summed E-state index contributed by atoms with van der Waals surface area (Å²) in [4.78, 5) is 32.4. The van der Waals surface area contributed by atoms with Gasteiger partial charge in [0.25, 0.3) is 5.91 Å². The highest BCUT2D eigenvalue weighted by atomic mass is 19.4. The summed E-state index contributed by atoms with van der Waals surface area (Å²) in [6.07, 6.45) is -1.58. The Hall–Kier alpha value is -2.95. The molecule has 1 N–H and O–H groups in total. The molecule has 2 amide bonds. The summed E-state index contributed by atoms with van der Waals surface area (Å²) in [6.45, 7) is 6.74. The molecule has 2 aromatic rings. The molecule has 0 unspecified atom stereocenters. The lowest BCUT2D eigenvalue weighted by atomic mass is 10.2. The number of rotatable bonds is 5. The molecule has 0 aromatic carbocycles. The topological polar surface area (TPSA) is 83.4 Å². The zero-order valence-corrected chi connectivity index (χ0v) is 17.4. The van der Waals surface area contributed by atoms with Gasteiger partial charge in [-0.2, -0.15) is 18.3 Å². The van der Waals surface area contributed by atoms with Crippen molar-refractivity contribution in [2.24, 2.45) is 0 Å². The Morgan fingerprint density at radius 2 is 1.90 bits per heavy atom. The van der Waals surface area contributed by atoms with Crippen LogP contribution < -0.4 is 5.32 Å². The molecule has 0 atom stereocenters. The van der Waals surface area contributed by atoms with Crippen LogP contribution in [0.1, 0.15) is 35.0 Å². The van der Waals surface area contributed by atoms with E-state index in [4.69, 9.17) is 0 Å². The van der Waals surface area contributed by atoms with E-state index in [1.54, 1.807) is 11.8 Å². The van der Waals surface area contributed by atoms with Crippen LogP contribution in [0.3, 0.4) is 0 Å². The number of pyridine rings is 1. The zero-order valence-electron chi connectivity index (χ0n) is 17.4. The van der Waals surface area contributed by atoms with Gasteiger partial charge < -0.3 is 10.2 Å². The average Bonchev–Trinajstić information content (AvgIpc) is 2.94. The molecule has 0 radical (unpaired) electrons. The highest BCUT2D eigenvalue weighted by molar-refractivity contribution is 5.95. The van der Waals surface area contributed by atoms with Gasteiger partial charge in [-0.05, 0) is 32.4 Å². The second kappa shape index (κ2) is 9.46. The van der Waals surface area contributed by atoms with E-state index in [-0.39, 0.29) is 17.6 Å². The van der Waals surface area contributed by atoms with Crippen molar-refractivity contribution >= 4 is 11.8 Å². The number of alkyl halides is 3. The Balaban J connectivity index is 1.69. The molecule has 0 saturated carbocycles. The van der Waals surface area contributed by atoms with Gasteiger partial charge in [-0.1, -0.05) is 0 Å². The van der Waals surface area contributed by atoms with Gasteiger partial charge in [-0.15, -0.1) is 0 Å². The number of halogens is 3. The summed E-state index contributed by atoms with van der Waals surface area (Å²) in [5.41, 5.74) is 0.0265. The minimum atomic E-state index is -4.47. The molecule has 1 fully saturated rings. The molecule has 168 valence electrons. The molecular formula is C20H25F3N6O2. The Morgan fingerprint density at radius 3 is 2.55 bits per heavy atom. The SMILES string of the molecule is CCNC(=O)CN1CCCN(C(=O)c2cnn(-c3ccc(C(F)(F)F)cn3)c2C)CC1. The van der Waals surface area contributed by atoms with Crippen molar-refractivity contribution in [2.75, 3.05) is 39.3 Å². The lowest BCUT2D eigenvalue weighted by Gasteiger charge is -2.21. The number of carbonyl (C=O) groups excluding carboxylic acids is 2. The number of carbonyl (C=O) groups is 2. The molecular weight excluding hydrogens is 413 g/mol. The summed E-state index contributed by atoms with van der Waals surface area (Å²) in [6, 6.07) is 2.16. The van der Waals surface area contributed by atoms with Crippen molar-refractivity contribution in [1.82, 2.24) is 29.9 Å². The zero-order chi connectivity index (χ0) is 22.6. The van der Waals surface area contributed by atoms with Crippen molar-refractivity contribution in [3.63, 3.8) is 0 Å². The van der Waals surface area contributed by atoms with E-state index in [2.05, 4.69) is 15.4 Å². The molecule has 0 bridgehead atoms. The summed E-state index contributed by atoms with van der Waals surface area (Å²) >= 11 is 0. The molecule has 3 rings (SSSR count). The highest BCUT2D eigenvalue weighted by Crippen LogP contribution is 2.29. The van der Waals surface area contributed by atoms with Crippen LogP contribution in [0.4, 0.5) is 13.2 Å². The number of aromatic nitrogens is 3. The lowest BCUT2D eigenvalue weighted by molar-refractivity contribution is -0.137. The van der Waals surface area contributed by atoms with Crippen LogP contribution in [0.5, 0.6) is 0 Å². The third-order valence-electron chi connectivity index (χ3n) is 5.15. The number of hydrogen-bond donors (Lipinski definition) is 1. The number of hydrogen-bond acceptors (Lipinski definition) is 5. The molecule has 0 aliphatic carbocycles. The van der Waals surface area contributed by atoms with Crippen molar-refractivity contribution in [3.8, 4) is 5.82 Å². The second-order valence-corrected chi connectivity index (χ2v) is 7.33. The van der Waals surface area contributed by atoms with Crippen LogP contribution in [-0.2, 0) is 11.0 Å². The first-order chi connectivity index (χ1) is 14.7. The molecule has 0 spiro atoms. The average molecular weight is 438 g/mol. The minimum absolute atomic E-state index is 0.0385. The van der Waals surface area contributed by atoms with Crippen LogP contribution in [0.2, 0.25) is 0 Å². The lowest BCUT2D eigenvalue weighted by Crippen LogP contribution is -2.40. The van der Waals surface area contributed by atoms with Crippen molar-refractivity contribution in [3.05, 3.63) is 41.3 Å². The molecule has 1 saturated heterocycles. The maximum Gasteiger partial charge on any atom is 0.417 e. The largest absolute Gasteiger partial charge is 0.417 e. The van der Waals surface area contributed by atoms with E-state index in [9.17, 15) is 22.8 Å². The maximum absolute atomic E-state index is 13.0. The van der Waals surface area contributed by atoms with Crippen molar-refractivity contribution < 1.29 is 22.8 Å². The van der Waals surface area contributed by atoms with E-state index < -0.39 is 11.7 Å². The molecule has 1 aliphatic heterocycles. The van der Waals surface area contributed by atoms with E-state index >= 15 is 0 Å². The van der Waals surface area contributed by atoms with Crippen LogP contribution in [0.25, 0.3) is 5.82 Å². The molecule has 2 aromatic heterocycles. The molecule has 11 heteroatoms. The summed E-state index contributed by atoms with van der Waals surface area (Å²) in [5, 5.41) is 6.92. The Morgan fingerprint density at radius 1 is 1.13 bits per heavy atom. The van der Waals surface area contributed by atoms with Crippen LogP contribution >= 0.6 is 0 Å². The van der Waals surface area contributed by atoms with Gasteiger partial charge in [-0.25, -0.2) is 9.67 Å². The van der Waals surface area contributed by atoms with Gasteiger partial charge in [0.1, 0.15) is 0 Å². The van der Waals surface area contributed by atoms with E-state index in [1.807, 2.05) is 11.8 Å². The third kappa shape index (κ3) is 5.40. The van der Waals surface area contributed by atoms with Gasteiger partial charge in [0, 0.05) is 38.9 Å². The van der Waals surface area contributed by atoms with Gasteiger partial charge >= 0.3 is 6.18 Å². The fourth-order valence-electron chi connectivity index (χ4n) is 3.49. The first-order valence-electron chi connectivity index (χ1n) is 10.1. The normalized spacial score (nSPS) is 15.6. The monoisotopic (exact) mass is 438 g/mol. The van der Waals surface area contributed by atoms with Crippen molar-refractivity contribution in [2.45, 2.75) is 26.4 Å². The van der Waals surface area contributed by atoms with E-state index in [0.717, 1.165) is 18.7 Å². The summed E-state index contributed by atoms with van der Waals surface area (Å²) < 4.78 is 39.6. The first-order valence-corrected chi connectivity index (χ1v) is 10.1. The smallest absolute Gasteiger partial charge is 0.355 e. The fraction of sp³-hybridized carbons (Fsp3) is 0.500. The summed E-state index contributed by atoms with van der Waals surface area (Å²) in [7, 11) is 0. The van der Waals surface area contributed by atoms with Crippen LogP contribution in [-0.4, -0.2) is 75.6 Å². The predicted octanol–water partition coefficient (Wildman–Crippen LogP) is 1.88. The number of amides is 2. The Kier molecular flexibility index (Phi) is 6.94. The van der Waals surface area contributed by atoms with Crippen LogP contribution in [0.15, 0.2) is 24.5 Å². The van der Waals surface area contributed by atoms with Crippen molar-refractivity contribution in [1.29, 1.82) is 0 Å². The first kappa shape index (κ1) is 22.7. The van der Waals surface area contributed by atoms with Gasteiger partial charge in [0.05, 0.1) is 29.6 Å². The van der Waals surface area contributed by atoms with E-state index in [1.165, 1.54) is 16.9 Å². The molecule has 8 nitrogen and oxygen atoms in total. The Bertz CT molecular complexity index is 926. The van der Waals surface area contributed by atoms with Gasteiger partial charge in [0.2, 0.25) is 5.91 Å². The fourth-order valence-corrected chi connectivity index (χ4v) is 3.49. The third-order valence-corrected chi connectivity index (χ3v) is 5.15. The number of nitrogens with zero attached hydrogens (tertiary/aromatic N) is 5. The van der Waals surface area contributed by atoms with Gasteiger partial charge in [0.15, 0.2) is 5.82 Å². The molecule has 3 heterocycles. The van der Waals surface area contributed by atoms with E-state index in [0.29, 0.717) is 50.5 Å². The molecule has 31 heavy (non-hydrogen) atoms. The van der Waals surface area contributed by atoms with Gasteiger partial charge in [-0.3, -0.25) is 14.5 Å². The predicted molar refractivity (Wildman–Crippen MR) is 107 cm³/mol. The Labute approximate surface area is 178 Å². The highest BCUT2D eigenvalue weighted by Gasteiger charge is 2.31. The maximum atomic E-state index is 13.0. The number of nitrogens with one attached hydrogen (secondary N) is 1. The van der Waals surface area contributed by atoms with Crippen LogP contribution in [0, 0.1) is 6.92 Å². The quantitative estimate of drug-likeness (QED) is 0.771. The molecule has 1 aliphatic rings.